The van der Waals surface area contributed by atoms with Gasteiger partial charge in [-0.15, -0.1) is 11.3 Å². The number of fused-ring (bicyclic) bond motifs is 4. The molecule has 2 unspecified atom stereocenters. The summed E-state index contributed by atoms with van der Waals surface area (Å²) < 4.78 is 27.7. The van der Waals surface area contributed by atoms with Gasteiger partial charge in [0.15, 0.2) is 0 Å². The van der Waals surface area contributed by atoms with Crippen molar-refractivity contribution in [2.75, 3.05) is 0 Å². The summed E-state index contributed by atoms with van der Waals surface area (Å²) in [5.41, 5.74) is 1.98. The summed E-state index contributed by atoms with van der Waals surface area (Å²) in [6.45, 7) is 0. The summed E-state index contributed by atoms with van der Waals surface area (Å²) in [6, 6.07) is 3.39. The number of hydrogen-bond donors (Lipinski definition) is 0. The van der Waals surface area contributed by atoms with Gasteiger partial charge in [0.1, 0.15) is 10.5 Å². The van der Waals surface area contributed by atoms with E-state index in [-0.39, 0.29) is 12.1 Å². The Kier molecular flexibility index (Phi) is 2.70. The lowest BCUT2D eigenvalue weighted by Gasteiger charge is -2.33. The Morgan fingerprint density at radius 2 is 2.25 bits per heavy atom. The topological polar surface area (TPSA) is 63.2 Å². The number of aromatic nitrogens is 2. The van der Waals surface area contributed by atoms with Crippen LogP contribution in [0.15, 0.2) is 34.2 Å². The Bertz CT molecular complexity index is 743. The van der Waals surface area contributed by atoms with Crippen LogP contribution in [-0.4, -0.2) is 28.7 Å². The molecule has 7 heteroatoms. The summed E-state index contributed by atoms with van der Waals surface area (Å²) >= 11 is 1.28. The van der Waals surface area contributed by atoms with Crippen LogP contribution < -0.4 is 0 Å². The van der Waals surface area contributed by atoms with Crippen LogP contribution in [0.3, 0.4) is 0 Å². The first-order chi connectivity index (χ1) is 9.68. The largest absolute Gasteiger partial charge is 0.253 e. The molecule has 0 radical (unpaired) electrons. The molecule has 0 aromatic carbocycles. The van der Waals surface area contributed by atoms with Crippen LogP contribution in [0.25, 0.3) is 0 Å². The monoisotopic (exact) mass is 307 g/mol. The summed E-state index contributed by atoms with van der Waals surface area (Å²) in [5.74, 6) is 0. The Hall–Kier alpha value is -1.31. The third-order valence-electron chi connectivity index (χ3n) is 4.08. The molecule has 2 bridgehead atoms. The van der Waals surface area contributed by atoms with Crippen molar-refractivity contribution in [3.8, 4) is 0 Å². The van der Waals surface area contributed by atoms with Gasteiger partial charge in [0.25, 0.3) is 10.0 Å². The Labute approximate surface area is 121 Å². The molecule has 1 fully saturated rings. The third-order valence-corrected chi connectivity index (χ3v) is 7.42. The van der Waals surface area contributed by atoms with E-state index in [2.05, 4.69) is 9.97 Å². The maximum Gasteiger partial charge on any atom is 0.253 e. The molecule has 4 rings (SSSR count). The van der Waals surface area contributed by atoms with Crippen LogP contribution in [0.4, 0.5) is 0 Å². The second kappa shape index (κ2) is 4.34. The highest BCUT2D eigenvalue weighted by Gasteiger charge is 2.47. The number of nitrogens with zero attached hydrogens (tertiary/aromatic N) is 3. The van der Waals surface area contributed by atoms with Crippen molar-refractivity contribution in [1.82, 2.24) is 14.3 Å². The van der Waals surface area contributed by atoms with Gasteiger partial charge in [-0.05, 0) is 24.3 Å². The maximum absolute atomic E-state index is 12.8. The van der Waals surface area contributed by atoms with Crippen LogP contribution in [0.1, 0.15) is 30.1 Å². The third kappa shape index (κ3) is 1.66. The lowest BCUT2D eigenvalue weighted by molar-refractivity contribution is 0.301. The fourth-order valence-corrected chi connectivity index (χ4v) is 6.20. The molecule has 2 aromatic heterocycles. The van der Waals surface area contributed by atoms with Gasteiger partial charge in [-0.25, -0.2) is 18.4 Å². The highest BCUT2D eigenvalue weighted by atomic mass is 32.2. The first-order valence-electron chi connectivity index (χ1n) is 6.54. The van der Waals surface area contributed by atoms with Gasteiger partial charge in [0.05, 0.1) is 11.7 Å². The van der Waals surface area contributed by atoms with E-state index < -0.39 is 10.0 Å². The zero-order valence-electron chi connectivity index (χ0n) is 10.6. The molecule has 5 nitrogen and oxygen atoms in total. The van der Waals surface area contributed by atoms with Gasteiger partial charge >= 0.3 is 0 Å². The maximum atomic E-state index is 12.8. The second-order valence-corrected chi connectivity index (χ2v) is 8.16. The van der Waals surface area contributed by atoms with Gasteiger partial charge < -0.3 is 0 Å². The fourth-order valence-electron chi connectivity index (χ4n) is 3.26. The molecule has 0 amide bonds. The highest BCUT2D eigenvalue weighted by Crippen LogP contribution is 2.46. The molecule has 0 saturated carbocycles. The minimum Gasteiger partial charge on any atom is -0.244 e. The van der Waals surface area contributed by atoms with Gasteiger partial charge in [-0.2, -0.15) is 4.31 Å². The van der Waals surface area contributed by atoms with E-state index >= 15 is 0 Å². The van der Waals surface area contributed by atoms with E-state index in [0.717, 1.165) is 24.1 Å². The molecule has 0 N–H and O–H groups in total. The van der Waals surface area contributed by atoms with Crippen molar-refractivity contribution >= 4 is 21.4 Å². The zero-order valence-corrected chi connectivity index (χ0v) is 12.3. The van der Waals surface area contributed by atoms with Crippen LogP contribution in [0.5, 0.6) is 0 Å². The molecule has 0 aliphatic carbocycles. The smallest absolute Gasteiger partial charge is 0.244 e. The molecular weight excluding hydrogens is 294 g/mol. The van der Waals surface area contributed by atoms with Gasteiger partial charge in [-0.3, -0.25) is 0 Å². The molecule has 4 heterocycles. The van der Waals surface area contributed by atoms with E-state index in [9.17, 15) is 8.42 Å². The first-order valence-corrected chi connectivity index (χ1v) is 8.86. The second-order valence-electron chi connectivity index (χ2n) is 5.14. The number of rotatable bonds is 2. The van der Waals surface area contributed by atoms with Crippen LogP contribution >= 0.6 is 11.3 Å². The molecule has 1 saturated heterocycles. The van der Waals surface area contributed by atoms with Gasteiger partial charge in [0.2, 0.25) is 0 Å². The average Bonchev–Trinajstić information content (AvgIpc) is 3.07. The van der Waals surface area contributed by atoms with E-state index in [1.807, 2.05) is 0 Å². The summed E-state index contributed by atoms with van der Waals surface area (Å²) in [5, 5.41) is 1.80. The minimum absolute atomic E-state index is 0.0366. The van der Waals surface area contributed by atoms with Crippen LogP contribution in [0, 0.1) is 0 Å². The van der Waals surface area contributed by atoms with Crippen molar-refractivity contribution in [3.63, 3.8) is 0 Å². The number of thiophene rings is 1. The van der Waals surface area contributed by atoms with Gasteiger partial charge in [-0.1, -0.05) is 6.07 Å². The van der Waals surface area contributed by atoms with Crippen LogP contribution in [0.2, 0.25) is 0 Å². The molecule has 2 aliphatic rings. The van der Waals surface area contributed by atoms with E-state index in [1.165, 1.54) is 11.3 Å². The predicted octanol–water partition coefficient (Wildman–Crippen LogP) is 1.99. The molecule has 20 heavy (non-hydrogen) atoms. The van der Waals surface area contributed by atoms with E-state index in [4.69, 9.17) is 0 Å². The Morgan fingerprint density at radius 1 is 1.35 bits per heavy atom. The Balaban J connectivity index is 1.83. The van der Waals surface area contributed by atoms with Crippen molar-refractivity contribution in [1.29, 1.82) is 0 Å². The molecule has 2 aromatic rings. The number of hydrogen-bond acceptors (Lipinski definition) is 5. The fraction of sp³-hybridized carbons (Fsp3) is 0.385. The van der Waals surface area contributed by atoms with E-state index in [0.29, 0.717) is 10.6 Å². The lowest BCUT2D eigenvalue weighted by atomic mass is 10.0. The SMILES string of the molecule is O=S(=O)(c1cccs1)N1C2CCC1c1cncnc1C2. The quantitative estimate of drug-likeness (QED) is 0.851. The predicted molar refractivity (Wildman–Crippen MR) is 74.8 cm³/mol. The molecular formula is C13H13N3O2S2. The summed E-state index contributed by atoms with van der Waals surface area (Å²) in [7, 11) is -3.40. The lowest BCUT2D eigenvalue weighted by Crippen LogP contribution is -2.41. The summed E-state index contributed by atoms with van der Waals surface area (Å²) in [4.78, 5) is 8.37. The molecule has 2 aliphatic heterocycles. The minimum atomic E-state index is -3.40. The first kappa shape index (κ1) is 12.4. The Morgan fingerprint density at radius 3 is 3.05 bits per heavy atom. The van der Waals surface area contributed by atoms with Gasteiger partial charge in [0, 0.05) is 24.2 Å². The van der Waals surface area contributed by atoms with E-state index in [1.54, 1.807) is 34.3 Å². The molecule has 104 valence electrons. The molecule has 2 atom stereocenters. The standard InChI is InChI=1S/C13H13N3O2S2/c17-20(18,13-2-1-5-19-13)16-9-3-4-12(16)10-7-14-8-15-11(10)6-9/h1-2,5,7-9,12H,3-4,6H2. The average molecular weight is 307 g/mol. The van der Waals surface area contributed by atoms with Crippen LogP contribution in [-0.2, 0) is 16.4 Å². The normalized spacial score (nSPS) is 25.6. The zero-order chi connectivity index (χ0) is 13.7. The van der Waals surface area contributed by atoms with Crippen molar-refractivity contribution in [2.24, 2.45) is 0 Å². The van der Waals surface area contributed by atoms with Crippen molar-refractivity contribution in [2.45, 2.75) is 35.6 Å². The molecule has 0 spiro atoms. The van der Waals surface area contributed by atoms with Crippen molar-refractivity contribution in [3.05, 3.63) is 41.3 Å². The number of sulfonamides is 1. The highest BCUT2D eigenvalue weighted by molar-refractivity contribution is 7.91. The summed E-state index contributed by atoms with van der Waals surface area (Å²) in [6.07, 6.45) is 5.76. The van der Waals surface area contributed by atoms with Crippen molar-refractivity contribution < 1.29 is 8.42 Å².